The van der Waals surface area contributed by atoms with Crippen LogP contribution in [0, 0.1) is 39.9 Å². The van der Waals surface area contributed by atoms with E-state index in [1.54, 1.807) is 0 Å². The van der Waals surface area contributed by atoms with Gasteiger partial charge in [0.05, 0.1) is 5.57 Å². The summed E-state index contributed by atoms with van der Waals surface area (Å²) in [6.45, 7) is 5.85. The molecule has 0 aliphatic carbocycles. The molecule has 4 nitrogen and oxygen atoms in total. The summed E-state index contributed by atoms with van der Waals surface area (Å²) < 4.78 is 6.14. The Morgan fingerprint density at radius 3 is 1.96 bits per heavy atom. The van der Waals surface area contributed by atoms with Crippen molar-refractivity contribution in [3.05, 3.63) is 82.6 Å². The summed E-state index contributed by atoms with van der Waals surface area (Å²) in [5, 5.41) is 28.3. The highest BCUT2D eigenvalue weighted by molar-refractivity contribution is 5.65. The van der Waals surface area contributed by atoms with Gasteiger partial charge in [-0.3, -0.25) is 0 Å². The molecular weight excluding hydrogens is 346 g/mol. The summed E-state index contributed by atoms with van der Waals surface area (Å²) in [5.41, 5.74) is 3.02. The van der Waals surface area contributed by atoms with Crippen LogP contribution in [0.5, 0.6) is 0 Å². The molecular formula is C24H19N3O. The summed E-state index contributed by atoms with van der Waals surface area (Å²) in [6.07, 6.45) is 0. The molecule has 0 spiro atoms. The fourth-order valence-electron chi connectivity index (χ4n) is 3.75. The van der Waals surface area contributed by atoms with E-state index >= 15 is 0 Å². The minimum absolute atomic E-state index is 0.00425. The molecule has 0 N–H and O–H groups in total. The number of ether oxygens (including phenoxy) is 1. The molecule has 0 fully saturated rings. The van der Waals surface area contributed by atoms with Crippen molar-refractivity contribution in [3.8, 4) is 29.3 Å². The van der Waals surface area contributed by atoms with Gasteiger partial charge in [-0.05, 0) is 29.5 Å². The maximum atomic E-state index is 9.73. The molecule has 28 heavy (non-hydrogen) atoms. The summed E-state index contributed by atoms with van der Waals surface area (Å²) in [7, 11) is 0. The van der Waals surface area contributed by atoms with Crippen molar-refractivity contribution < 1.29 is 4.74 Å². The van der Waals surface area contributed by atoms with Crippen LogP contribution in [0.2, 0.25) is 0 Å². The van der Waals surface area contributed by atoms with Crippen molar-refractivity contribution in [2.24, 2.45) is 5.92 Å². The highest BCUT2D eigenvalue weighted by Gasteiger charge is 2.45. The Labute approximate surface area is 165 Å². The number of hydrogen-bond acceptors (Lipinski definition) is 4. The lowest BCUT2D eigenvalue weighted by Crippen LogP contribution is -2.26. The van der Waals surface area contributed by atoms with E-state index in [4.69, 9.17) is 4.74 Å². The third-order valence-corrected chi connectivity index (χ3v) is 5.00. The molecule has 1 unspecified atom stereocenters. The molecule has 136 valence electrons. The lowest BCUT2D eigenvalue weighted by Gasteiger charge is -2.30. The number of nitrogens with zero attached hydrogens (tertiary/aromatic N) is 3. The van der Waals surface area contributed by atoms with Crippen LogP contribution in [-0.4, -0.2) is 0 Å². The van der Waals surface area contributed by atoms with E-state index in [0.29, 0.717) is 0 Å². The Kier molecular flexibility index (Phi) is 5.04. The van der Waals surface area contributed by atoms with Crippen LogP contribution in [0.1, 0.15) is 26.3 Å². The maximum absolute atomic E-state index is 9.73. The summed E-state index contributed by atoms with van der Waals surface area (Å²) in [6, 6.07) is 23.9. The van der Waals surface area contributed by atoms with Crippen LogP contribution < -0.4 is 0 Å². The van der Waals surface area contributed by atoms with E-state index in [9.17, 15) is 15.8 Å². The molecule has 1 aliphatic heterocycles. The molecule has 0 aromatic heterocycles. The monoisotopic (exact) mass is 365 g/mol. The zero-order chi connectivity index (χ0) is 20.3. The van der Waals surface area contributed by atoms with E-state index in [2.05, 4.69) is 6.07 Å². The number of benzene rings is 2. The van der Waals surface area contributed by atoms with Crippen LogP contribution >= 0.6 is 0 Å². The van der Waals surface area contributed by atoms with Gasteiger partial charge in [0, 0.05) is 5.57 Å². The van der Waals surface area contributed by atoms with Crippen LogP contribution in [-0.2, 0) is 10.3 Å². The molecule has 1 heterocycles. The van der Waals surface area contributed by atoms with Crippen LogP contribution in [0.3, 0.4) is 0 Å². The van der Waals surface area contributed by atoms with Gasteiger partial charge in [-0.1, -0.05) is 68.4 Å². The van der Waals surface area contributed by atoms with Gasteiger partial charge in [0.25, 0.3) is 0 Å². The first kappa shape index (κ1) is 19.0. The molecule has 0 bridgehead atoms. The normalized spacial score (nSPS) is 18.2. The number of rotatable bonds is 3. The molecule has 1 atom stereocenters. The first-order valence-corrected chi connectivity index (χ1v) is 9.00. The Hall–Kier alpha value is -3.81. The predicted molar refractivity (Wildman–Crippen MR) is 106 cm³/mol. The van der Waals surface area contributed by atoms with Crippen molar-refractivity contribution in [2.75, 3.05) is 0 Å². The Morgan fingerprint density at radius 1 is 0.893 bits per heavy atom. The lowest BCUT2D eigenvalue weighted by molar-refractivity contribution is 0.0662. The molecule has 0 saturated carbocycles. The predicted octanol–water partition coefficient (Wildman–Crippen LogP) is 5.38. The standard InChI is InChI=1S/C24H19N3O/c1-16(2)22-21(15-27)23(19(13-25)14-26)28-24(22,3)20-11-9-18(10-12-20)17-7-5-4-6-8-17/h4-12,16H,1-3H3. The molecule has 0 amide bonds. The SMILES string of the molecule is CC(C)C1=C(C#N)C(=C(C#N)C#N)OC1(C)c1ccc(-c2ccccc2)cc1. The van der Waals surface area contributed by atoms with Crippen molar-refractivity contribution in [1.29, 1.82) is 15.8 Å². The Balaban J connectivity index is 2.14. The van der Waals surface area contributed by atoms with Crippen molar-refractivity contribution in [1.82, 2.24) is 0 Å². The van der Waals surface area contributed by atoms with Crippen LogP contribution in [0.25, 0.3) is 11.1 Å². The summed E-state index contributed by atoms with van der Waals surface area (Å²) in [5.74, 6) is 0.0791. The van der Waals surface area contributed by atoms with E-state index in [1.807, 2.05) is 87.5 Å². The number of hydrogen-bond donors (Lipinski definition) is 0. The van der Waals surface area contributed by atoms with E-state index < -0.39 is 5.60 Å². The maximum Gasteiger partial charge on any atom is 0.172 e. The fourth-order valence-corrected chi connectivity index (χ4v) is 3.75. The van der Waals surface area contributed by atoms with Crippen molar-refractivity contribution >= 4 is 0 Å². The molecule has 2 aromatic carbocycles. The quantitative estimate of drug-likeness (QED) is 0.684. The fraction of sp³-hybridized carbons (Fsp3) is 0.208. The third-order valence-electron chi connectivity index (χ3n) is 5.00. The van der Waals surface area contributed by atoms with Gasteiger partial charge in [0.15, 0.2) is 16.9 Å². The van der Waals surface area contributed by atoms with Crippen molar-refractivity contribution in [2.45, 2.75) is 26.4 Å². The first-order chi connectivity index (χ1) is 13.5. The van der Waals surface area contributed by atoms with E-state index in [0.717, 1.165) is 22.3 Å². The molecule has 1 aliphatic rings. The Bertz CT molecular complexity index is 1070. The van der Waals surface area contributed by atoms with Gasteiger partial charge in [-0.25, -0.2) is 0 Å². The molecule has 4 heteroatoms. The Morgan fingerprint density at radius 2 is 1.46 bits per heavy atom. The van der Waals surface area contributed by atoms with Gasteiger partial charge in [-0.15, -0.1) is 0 Å². The highest BCUT2D eigenvalue weighted by Crippen LogP contribution is 2.49. The average Bonchev–Trinajstić information content (AvgIpc) is 3.03. The minimum atomic E-state index is -0.914. The third kappa shape index (κ3) is 3.05. The summed E-state index contributed by atoms with van der Waals surface area (Å²) >= 11 is 0. The van der Waals surface area contributed by atoms with Gasteiger partial charge in [0.2, 0.25) is 0 Å². The smallest absolute Gasteiger partial charge is 0.172 e. The van der Waals surface area contributed by atoms with Gasteiger partial charge in [0.1, 0.15) is 18.2 Å². The number of allylic oxidation sites excluding steroid dienone is 2. The van der Waals surface area contributed by atoms with Crippen molar-refractivity contribution in [3.63, 3.8) is 0 Å². The lowest BCUT2D eigenvalue weighted by atomic mass is 9.80. The second-order valence-electron chi connectivity index (χ2n) is 7.06. The average molecular weight is 365 g/mol. The van der Waals surface area contributed by atoms with Crippen LogP contribution in [0.4, 0.5) is 0 Å². The largest absolute Gasteiger partial charge is 0.475 e. The van der Waals surface area contributed by atoms with Gasteiger partial charge in [-0.2, -0.15) is 15.8 Å². The molecule has 2 aromatic rings. The molecule has 3 rings (SSSR count). The van der Waals surface area contributed by atoms with Gasteiger partial charge >= 0.3 is 0 Å². The summed E-state index contributed by atoms with van der Waals surface area (Å²) in [4.78, 5) is 0. The second kappa shape index (κ2) is 7.43. The zero-order valence-corrected chi connectivity index (χ0v) is 16.0. The molecule has 0 saturated heterocycles. The van der Waals surface area contributed by atoms with Gasteiger partial charge < -0.3 is 4.74 Å². The second-order valence-corrected chi connectivity index (χ2v) is 7.06. The first-order valence-electron chi connectivity index (χ1n) is 9.00. The van der Waals surface area contributed by atoms with Crippen LogP contribution in [0.15, 0.2) is 77.1 Å². The number of nitriles is 3. The zero-order valence-electron chi connectivity index (χ0n) is 16.0. The van der Waals surface area contributed by atoms with E-state index in [-0.39, 0.29) is 22.8 Å². The minimum Gasteiger partial charge on any atom is -0.475 e. The highest BCUT2D eigenvalue weighted by atomic mass is 16.5. The van der Waals surface area contributed by atoms with E-state index in [1.165, 1.54) is 0 Å². The molecule has 0 radical (unpaired) electrons. The topological polar surface area (TPSA) is 80.6 Å².